The van der Waals surface area contributed by atoms with Gasteiger partial charge in [0.2, 0.25) is 0 Å². The topological polar surface area (TPSA) is 35.5 Å². The van der Waals surface area contributed by atoms with Gasteiger partial charge in [-0.05, 0) is 19.8 Å². The third-order valence-electron chi connectivity index (χ3n) is 3.01. The second kappa shape index (κ2) is 3.32. The van der Waals surface area contributed by atoms with Crippen LogP contribution in [0, 0.1) is 0 Å². The van der Waals surface area contributed by atoms with Gasteiger partial charge in [-0.3, -0.25) is 4.90 Å². The summed E-state index contributed by atoms with van der Waals surface area (Å²) in [6, 6.07) is 1.39. The molecule has 0 aliphatic carbocycles. The Morgan fingerprint density at radius 2 is 2.00 bits per heavy atom. The molecule has 0 amide bonds. The van der Waals surface area contributed by atoms with E-state index in [0.29, 0.717) is 12.1 Å². The van der Waals surface area contributed by atoms with Gasteiger partial charge in [0.15, 0.2) is 0 Å². The van der Waals surface area contributed by atoms with E-state index in [-0.39, 0.29) is 6.10 Å². The van der Waals surface area contributed by atoms with Gasteiger partial charge < -0.3 is 10.4 Å². The van der Waals surface area contributed by atoms with Gasteiger partial charge in [0.1, 0.15) is 0 Å². The maximum absolute atomic E-state index is 9.31. The first-order valence-electron chi connectivity index (χ1n) is 4.92. The summed E-state index contributed by atoms with van der Waals surface area (Å²) >= 11 is 0. The molecule has 0 aromatic heterocycles. The average molecular weight is 170 g/mol. The third-order valence-corrected chi connectivity index (χ3v) is 3.01. The lowest BCUT2D eigenvalue weighted by Gasteiger charge is -2.35. The molecule has 2 aliphatic heterocycles. The van der Waals surface area contributed by atoms with Crippen molar-refractivity contribution in [3.05, 3.63) is 0 Å². The monoisotopic (exact) mass is 170 g/mol. The fourth-order valence-electron chi connectivity index (χ4n) is 2.47. The van der Waals surface area contributed by atoms with E-state index in [1.54, 1.807) is 0 Å². The summed E-state index contributed by atoms with van der Waals surface area (Å²) < 4.78 is 0. The number of aliphatic hydroxyl groups is 1. The van der Waals surface area contributed by atoms with Crippen LogP contribution in [0.2, 0.25) is 0 Å². The molecule has 0 radical (unpaired) electrons. The molecular weight excluding hydrogens is 152 g/mol. The maximum atomic E-state index is 9.31. The molecule has 1 unspecified atom stereocenters. The second-order valence-electron chi connectivity index (χ2n) is 4.09. The minimum Gasteiger partial charge on any atom is -0.392 e. The van der Waals surface area contributed by atoms with E-state index < -0.39 is 0 Å². The fraction of sp³-hybridized carbons (Fsp3) is 1.00. The molecule has 2 bridgehead atoms. The lowest BCUT2D eigenvalue weighted by atomic mass is 10.2. The number of fused-ring (bicyclic) bond motifs is 2. The number of piperazine rings is 1. The van der Waals surface area contributed by atoms with Crippen LogP contribution in [0.25, 0.3) is 0 Å². The quantitative estimate of drug-likeness (QED) is 0.602. The van der Waals surface area contributed by atoms with Crippen molar-refractivity contribution in [3.63, 3.8) is 0 Å². The number of nitrogens with one attached hydrogen (secondary N) is 1. The normalized spacial score (nSPS) is 38.5. The van der Waals surface area contributed by atoms with Gasteiger partial charge in [-0.1, -0.05) is 0 Å². The molecule has 2 aliphatic rings. The second-order valence-corrected chi connectivity index (χ2v) is 4.09. The van der Waals surface area contributed by atoms with E-state index in [4.69, 9.17) is 0 Å². The Kier molecular flexibility index (Phi) is 2.35. The van der Waals surface area contributed by atoms with E-state index >= 15 is 0 Å². The molecule has 70 valence electrons. The van der Waals surface area contributed by atoms with Crippen molar-refractivity contribution in [2.75, 3.05) is 19.6 Å². The SMILES string of the molecule is CC(O)CN1[C@@H]2CC[C@H]1CNC2. The smallest absolute Gasteiger partial charge is 0.0639 e. The zero-order valence-corrected chi connectivity index (χ0v) is 7.66. The summed E-state index contributed by atoms with van der Waals surface area (Å²) in [7, 11) is 0. The Bertz CT molecular complexity index is 145. The van der Waals surface area contributed by atoms with Crippen molar-refractivity contribution in [1.82, 2.24) is 10.2 Å². The largest absolute Gasteiger partial charge is 0.392 e. The van der Waals surface area contributed by atoms with Gasteiger partial charge >= 0.3 is 0 Å². The Morgan fingerprint density at radius 3 is 2.50 bits per heavy atom. The summed E-state index contributed by atoms with van der Waals surface area (Å²) in [6.07, 6.45) is 2.45. The van der Waals surface area contributed by atoms with Gasteiger partial charge in [-0.25, -0.2) is 0 Å². The van der Waals surface area contributed by atoms with E-state index in [0.717, 1.165) is 19.6 Å². The van der Waals surface area contributed by atoms with Crippen molar-refractivity contribution in [2.45, 2.75) is 38.0 Å². The first-order valence-corrected chi connectivity index (χ1v) is 4.92. The highest BCUT2D eigenvalue weighted by molar-refractivity contribution is 4.94. The first kappa shape index (κ1) is 8.48. The van der Waals surface area contributed by atoms with Gasteiger partial charge in [0, 0.05) is 31.7 Å². The summed E-state index contributed by atoms with van der Waals surface area (Å²) in [5.74, 6) is 0. The van der Waals surface area contributed by atoms with Crippen LogP contribution in [0.4, 0.5) is 0 Å². The predicted molar refractivity (Wildman–Crippen MR) is 48.1 cm³/mol. The van der Waals surface area contributed by atoms with Crippen LogP contribution < -0.4 is 5.32 Å². The fourth-order valence-corrected chi connectivity index (χ4v) is 2.47. The van der Waals surface area contributed by atoms with Gasteiger partial charge in [0.05, 0.1) is 6.10 Å². The summed E-state index contributed by atoms with van der Waals surface area (Å²) in [5.41, 5.74) is 0. The van der Waals surface area contributed by atoms with Gasteiger partial charge in [-0.2, -0.15) is 0 Å². The van der Waals surface area contributed by atoms with E-state index in [1.165, 1.54) is 12.8 Å². The third kappa shape index (κ3) is 1.49. The van der Waals surface area contributed by atoms with Crippen LogP contribution in [0.5, 0.6) is 0 Å². The molecular formula is C9H18N2O. The summed E-state index contributed by atoms with van der Waals surface area (Å²) in [5, 5.41) is 12.7. The molecule has 3 heteroatoms. The van der Waals surface area contributed by atoms with E-state index in [2.05, 4.69) is 10.2 Å². The van der Waals surface area contributed by atoms with Crippen molar-refractivity contribution < 1.29 is 5.11 Å². The highest BCUT2D eigenvalue weighted by atomic mass is 16.3. The molecule has 0 saturated carbocycles. The molecule has 2 heterocycles. The lowest BCUT2D eigenvalue weighted by molar-refractivity contribution is 0.0785. The van der Waals surface area contributed by atoms with Crippen LogP contribution in [-0.4, -0.2) is 47.8 Å². The van der Waals surface area contributed by atoms with Gasteiger partial charge in [-0.15, -0.1) is 0 Å². The molecule has 2 saturated heterocycles. The van der Waals surface area contributed by atoms with Crippen molar-refractivity contribution in [1.29, 1.82) is 0 Å². The first-order chi connectivity index (χ1) is 5.77. The van der Waals surface area contributed by atoms with E-state index in [1.807, 2.05) is 6.92 Å². The summed E-state index contributed by atoms with van der Waals surface area (Å²) in [4.78, 5) is 2.47. The highest BCUT2D eigenvalue weighted by Crippen LogP contribution is 2.26. The molecule has 2 rings (SSSR count). The molecule has 2 fully saturated rings. The maximum Gasteiger partial charge on any atom is 0.0639 e. The Balaban J connectivity index is 1.96. The molecule has 0 aromatic rings. The number of nitrogens with zero attached hydrogens (tertiary/aromatic N) is 1. The zero-order chi connectivity index (χ0) is 8.55. The molecule has 2 N–H and O–H groups in total. The number of aliphatic hydroxyl groups excluding tert-OH is 1. The minimum absolute atomic E-state index is 0.175. The van der Waals surface area contributed by atoms with Crippen LogP contribution >= 0.6 is 0 Å². The summed E-state index contributed by atoms with van der Waals surface area (Å²) in [6.45, 7) is 4.96. The number of hydrogen-bond acceptors (Lipinski definition) is 3. The standard InChI is InChI=1S/C9H18N2O/c1-7(12)6-11-8-2-3-9(11)5-10-4-8/h7-10,12H,2-6H2,1H3/t7?,8-,9+. The van der Waals surface area contributed by atoms with Crippen molar-refractivity contribution in [3.8, 4) is 0 Å². The van der Waals surface area contributed by atoms with Crippen LogP contribution in [-0.2, 0) is 0 Å². The Morgan fingerprint density at radius 1 is 1.42 bits per heavy atom. The molecule has 3 nitrogen and oxygen atoms in total. The van der Waals surface area contributed by atoms with Crippen molar-refractivity contribution >= 4 is 0 Å². The number of rotatable bonds is 2. The molecule has 3 atom stereocenters. The lowest BCUT2D eigenvalue weighted by Crippen LogP contribution is -2.53. The van der Waals surface area contributed by atoms with Crippen LogP contribution in [0.3, 0.4) is 0 Å². The van der Waals surface area contributed by atoms with Gasteiger partial charge in [0.25, 0.3) is 0 Å². The van der Waals surface area contributed by atoms with Crippen LogP contribution in [0.15, 0.2) is 0 Å². The molecule has 0 spiro atoms. The Labute approximate surface area is 73.8 Å². The minimum atomic E-state index is -0.175. The average Bonchev–Trinajstić information content (AvgIpc) is 2.30. The number of hydrogen-bond donors (Lipinski definition) is 2. The molecule has 12 heavy (non-hydrogen) atoms. The predicted octanol–water partition coefficient (Wildman–Crippen LogP) is -0.197. The van der Waals surface area contributed by atoms with Crippen molar-refractivity contribution in [2.24, 2.45) is 0 Å². The zero-order valence-electron chi connectivity index (χ0n) is 7.66. The van der Waals surface area contributed by atoms with E-state index in [9.17, 15) is 5.11 Å². The Hall–Kier alpha value is -0.120. The highest BCUT2D eigenvalue weighted by Gasteiger charge is 2.36. The molecule has 0 aromatic carbocycles. The van der Waals surface area contributed by atoms with Crippen LogP contribution in [0.1, 0.15) is 19.8 Å².